The van der Waals surface area contributed by atoms with Gasteiger partial charge in [-0.3, -0.25) is 0 Å². The molecule has 2 aromatic rings. The van der Waals surface area contributed by atoms with E-state index in [0.29, 0.717) is 0 Å². The van der Waals surface area contributed by atoms with Gasteiger partial charge in [-0.2, -0.15) is 10.2 Å². The van der Waals surface area contributed by atoms with Crippen LogP contribution in [0.1, 0.15) is 49.0 Å². The third-order valence-corrected chi connectivity index (χ3v) is 3.24. The molecule has 2 aromatic heterocycles. The van der Waals surface area contributed by atoms with Crippen molar-refractivity contribution in [3.05, 3.63) is 34.9 Å². The van der Waals surface area contributed by atoms with E-state index in [4.69, 9.17) is 0 Å². The van der Waals surface area contributed by atoms with Crippen LogP contribution in [0.2, 0.25) is 0 Å². The Morgan fingerprint density at radius 2 is 2.05 bits per heavy atom. The van der Waals surface area contributed by atoms with Gasteiger partial charge in [0.2, 0.25) is 0 Å². The molecule has 1 atom stereocenters. The van der Waals surface area contributed by atoms with E-state index in [1.807, 2.05) is 24.7 Å². The molecule has 0 aromatic carbocycles. The monoisotopic (exact) mass is 274 g/mol. The predicted octanol–water partition coefficient (Wildman–Crippen LogP) is 1.79. The van der Waals surface area contributed by atoms with Gasteiger partial charge < -0.3 is 5.32 Å². The molecule has 108 valence electrons. The van der Waals surface area contributed by atoms with Crippen LogP contribution < -0.4 is 5.32 Å². The minimum Gasteiger partial charge on any atom is -0.305 e. The molecule has 0 aliphatic carbocycles. The molecule has 0 radical (unpaired) electrons. The van der Waals surface area contributed by atoms with E-state index in [9.17, 15) is 0 Å². The van der Waals surface area contributed by atoms with Crippen LogP contribution in [-0.4, -0.2) is 31.7 Å². The van der Waals surface area contributed by atoms with E-state index in [0.717, 1.165) is 42.2 Å². The van der Waals surface area contributed by atoms with Gasteiger partial charge in [-0.15, -0.1) is 5.10 Å². The Labute approximate surface area is 119 Å². The van der Waals surface area contributed by atoms with Crippen LogP contribution in [0.4, 0.5) is 0 Å². The molecule has 6 heteroatoms. The van der Waals surface area contributed by atoms with Crippen LogP contribution in [0.25, 0.3) is 0 Å². The van der Waals surface area contributed by atoms with Gasteiger partial charge in [0, 0.05) is 12.1 Å². The van der Waals surface area contributed by atoms with Crippen LogP contribution in [0.3, 0.4) is 0 Å². The quantitative estimate of drug-likeness (QED) is 0.870. The molecule has 0 aliphatic rings. The van der Waals surface area contributed by atoms with Crippen molar-refractivity contribution < 1.29 is 0 Å². The summed E-state index contributed by atoms with van der Waals surface area (Å²) in [6.45, 7) is 9.91. The summed E-state index contributed by atoms with van der Waals surface area (Å²) >= 11 is 0. The first kappa shape index (κ1) is 14.6. The molecule has 2 rings (SSSR count). The number of rotatable bonds is 6. The lowest BCUT2D eigenvalue weighted by Crippen LogP contribution is -2.26. The summed E-state index contributed by atoms with van der Waals surface area (Å²) in [5.74, 6) is 0. The smallest absolute Gasteiger partial charge is 0.0802 e. The van der Waals surface area contributed by atoms with Gasteiger partial charge in [-0.25, -0.2) is 4.68 Å². The summed E-state index contributed by atoms with van der Waals surface area (Å²) in [5.41, 5.74) is 4.07. The van der Waals surface area contributed by atoms with Gasteiger partial charge >= 0.3 is 0 Å². The zero-order valence-electron chi connectivity index (χ0n) is 12.6. The Morgan fingerprint density at radius 1 is 1.25 bits per heavy atom. The first-order chi connectivity index (χ1) is 9.67. The number of aryl methyl sites for hydroxylation is 3. The molecule has 0 spiro atoms. The Kier molecular flexibility index (Phi) is 4.79. The minimum absolute atomic E-state index is 0.0516. The first-order valence-corrected chi connectivity index (χ1v) is 7.10. The average Bonchev–Trinajstić information content (AvgIpc) is 2.88. The van der Waals surface area contributed by atoms with E-state index < -0.39 is 0 Å². The Morgan fingerprint density at radius 3 is 2.75 bits per heavy atom. The fourth-order valence-corrected chi connectivity index (χ4v) is 2.31. The normalized spacial score (nSPS) is 12.6. The van der Waals surface area contributed by atoms with Crippen molar-refractivity contribution in [2.75, 3.05) is 6.54 Å². The minimum atomic E-state index is 0.0516. The van der Waals surface area contributed by atoms with Gasteiger partial charge in [-0.05, 0) is 32.9 Å². The maximum atomic E-state index is 4.23. The van der Waals surface area contributed by atoms with Crippen molar-refractivity contribution >= 4 is 0 Å². The van der Waals surface area contributed by atoms with Crippen molar-refractivity contribution in [2.24, 2.45) is 0 Å². The molecular weight excluding hydrogens is 252 g/mol. The van der Waals surface area contributed by atoms with Gasteiger partial charge in [0.1, 0.15) is 0 Å². The molecule has 0 amide bonds. The number of nitrogens with zero attached hydrogens (tertiary/aromatic N) is 5. The lowest BCUT2D eigenvalue weighted by atomic mass is 10.0. The fraction of sp³-hybridized carbons (Fsp3) is 0.571. The molecule has 20 heavy (non-hydrogen) atoms. The van der Waals surface area contributed by atoms with Gasteiger partial charge in [0.15, 0.2) is 0 Å². The fourth-order valence-electron chi connectivity index (χ4n) is 2.31. The number of aromatic nitrogens is 5. The Hall–Kier alpha value is -1.82. The number of nitrogens with one attached hydrogen (secondary N) is 1. The summed E-state index contributed by atoms with van der Waals surface area (Å²) in [7, 11) is 0. The Bertz CT molecular complexity index is 563. The molecule has 0 saturated carbocycles. The summed E-state index contributed by atoms with van der Waals surface area (Å²) in [6, 6.07) is 2.13. The third kappa shape index (κ3) is 3.01. The highest BCUT2D eigenvalue weighted by molar-refractivity contribution is 5.30. The summed E-state index contributed by atoms with van der Waals surface area (Å²) in [6.07, 6.45) is 2.86. The maximum Gasteiger partial charge on any atom is 0.0802 e. The SMILES string of the molecule is CCCn1nncc1C(NCC)c1cc(C)nnc1C. The predicted molar refractivity (Wildman–Crippen MR) is 77.3 cm³/mol. The second-order valence-corrected chi connectivity index (χ2v) is 4.90. The van der Waals surface area contributed by atoms with E-state index in [2.05, 4.69) is 45.7 Å². The molecule has 0 bridgehead atoms. The highest BCUT2D eigenvalue weighted by atomic mass is 15.4. The van der Waals surface area contributed by atoms with E-state index in [-0.39, 0.29) is 6.04 Å². The Balaban J connectivity index is 2.44. The zero-order valence-corrected chi connectivity index (χ0v) is 12.6. The third-order valence-electron chi connectivity index (χ3n) is 3.24. The zero-order chi connectivity index (χ0) is 14.5. The van der Waals surface area contributed by atoms with Gasteiger partial charge in [0.05, 0.1) is 29.3 Å². The molecule has 6 nitrogen and oxygen atoms in total. The second-order valence-electron chi connectivity index (χ2n) is 4.90. The van der Waals surface area contributed by atoms with Crippen LogP contribution in [0, 0.1) is 13.8 Å². The van der Waals surface area contributed by atoms with E-state index in [1.165, 1.54) is 0 Å². The number of hydrogen-bond donors (Lipinski definition) is 1. The molecule has 1 N–H and O–H groups in total. The van der Waals surface area contributed by atoms with E-state index in [1.54, 1.807) is 0 Å². The lowest BCUT2D eigenvalue weighted by Gasteiger charge is -2.20. The summed E-state index contributed by atoms with van der Waals surface area (Å²) in [5, 5.41) is 20.1. The molecule has 2 heterocycles. The molecular formula is C14H22N6. The largest absolute Gasteiger partial charge is 0.305 e. The van der Waals surface area contributed by atoms with Crippen molar-refractivity contribution in [1.82, 2.24) is 30.5 Å². The molecule has 0 saturated heterocycles. The van der Waals surface area contributed by atoms with Crippen LogP contribution in [-0.2, 0) is 6.54 Å². The van der Waals surface area contributed by atoms with Crippen molar-refractivity contribution in [3.8, 4) is 0 Å². The maximum absolute atomic E-state index is 4.23. The van der Waals surface area contributed by atoms with Crippen molar-refractivity contribution in [3.63, 3.8) is 0 Å². The second kappa shape index (κ2) is 6.56. The summed E-state index contributed by atoms with van der Waals surface area (Å²) < 4.78 is 1.96. The summed E-state index contributed by atoms with van der Waals surface area (Å²) in [4.78, 5) is 0. The highest BCUT2D eigenvalue weighted by Gasteiger charge is 2.21. The molecule has 1 unspecified atom stereocenters. The topological polar surface area (TPSA) is 68.5 Å². The van der Waals surface area contributed by atoms with Crippen LogP contribution in [0.5, 0.6) is 0 Å². The van der Waals surface area contributed by atoms with Crippen LogP contribution in [0.15, 0.2) is 12.3 Å². The molecule has 0 fully saturated rings. The average molecular weight is 274 g/mol. The lowest BCUT2D eigenvalue weighted by molar-refractivity contribution is 0.509. The van der Waals surface area contributed by atoms with E-state index >= 15 is 0 Å². The first-order valence-electron chi connectivity index (χ1n) is 7.10. The molecule has 0 aliphatic heterocycles. The van der Waals surface area contributed by atoms with Gasteiger partial charge in [0.25, 0.3) is 0 Å². The highest BCUT2D eigenvalue weighted by Crippen LogP contribution is 2.23. The van der Waals surface area contributed by atoms with Crippen molar-refractivity contribution in [2.45, 2.75) is 46.7 Å². The van der Waals surface area contributed by atoms with Gasteiger partial charge in [-0.1, -0.05) is 19.1 Å². The standard InChI is InChI=1S/C14H22N6/c1-5-7-20-13(9-16-19-20)14(15-6-2)12-8-10(3)17-18-11(12)4/h8-9,14-15H,5-7H2,1-4H3. The number of hydrogen-bond acceptors (Lipinski definition) is 5. The van der Waals surface area contributed by atoms with Crippen molar-refractivity contribution in [1.29, 1.82) is 0 Å². The van der Waals surface area contributed by atoms with Crippen LogP contribution >= 0.6 is 0 Å².